The Morgan fingerprint density at radius 1 is 1.30 bits per heavy atom. The third kappa shape index (κ3) is 4.75. The van der Waals surface area contributed by atoms with Crippen molar-refractivity contribution in [3.63, 3.8) is 0 Å². The van der Waals surface area contributed by atoms with Crippen molar-refractivity contribution in [3.05, 3.63) is 35.6 Å². The van der Waals surface area contributed by atoms with Crippen LogP contribution in [0.3, 0.4) is 0 Å². The molecule has 1 heterocycles. The summed E-state index contributed by atoms with van der Waals surface area (Å²) in [4.78, 5) is 14.2. The van der Waals surface area contributed by atoms with Gasteiger partial charge in [-0.25, -0.2) is 12.8 Å². The van der Waals surface area contributed by atoms with Gasteiger partial charge in [0, 0.05) is 18.6 Å². The molecule has 23 heavy (non-hydrogen) atoms. The fraction of sp³-hybridized carbons (Fsp3) is 0.562. The normalized spacial score (nSPS) is 23.1. The molecule has 0 bridgehead atoms. The van der Waals surface area contributed by atoms with E-state index in [9.17, 15) is 17.6 Å². The summed E-state index contributed by atoms with van der Waals surface area (Å²) in [5.74, 6) is -0.256. The molecule has 0 aromatic heterocycles. The molecular formula is C16H21FN2O3S. The van der Waals surface area contributed by atoms with Gasteiger partial charge in [-0.1, -0.05) is 12.1 Å². The van der Waals surface area contributed by atoms with Gasteiger partial charge in [-0.2, -0.15) is 0 Å². The van der Waals surface area contributed by atoms with Gasteiger partial charge in [0.15, 0.2) is 9.84 Å². The van der Waals surface area contributed by atoms with Crippen LogP contribution < -0.4 is 5.32 Å². The van der Waals surface area contributed by atoms with Gasteiger partial charge in [0.05, 0.1) is 18.1 Å². The molecule has 1 saturated carbocycles. The second-order valence-corrected chi connectivity index (χ2v) is 8.66. The number of rotatable bonds is 6. The van der Waals surface area contributed by atoms with Crippen molar-refractivity contribution in [1.29, 1.82) is 0 Å². The van der Waals surface area contributed by atoms with Gasteiger partial charge in [0.2, 0.25) is 5.91 Å². The molecule has 0 radical (unpaired) electrons. The largest absolute Gasteiger partial charge is 0.351 e. The van der Waals surface area contributed by atoms with Crippen LogP contribution in [0.25, 0.3) is 0 Å². The third-order valence-corrected chi connectivity index (χ3v) is 6.05. The zero-order chi connectivity index (χ0) is 16.4. The molecule has 7 heteroatoms. The summed E-state index contributed by atoms with van der Waals surface area (Å²) in [6.45, 7) is 0.747. The van der Waals surface area contributed by atoms with E-state index in [1.165, 1.54) is 12.1 Å². The van der Waals surface area contributed by atoms with Crippen molar-refractivity contribution < 1.29 is 17.6 Å². The van der Waals surface area contributed by atoms with Gasteiger partial charge >= 0.3 is 0 Å². The quantitative estimate of drug-likeness (QED) is 0.842. The van der Waals surface area contributed by atoms with Crippen LogP contribution in [-0.4, -0.2) is 49.4 Å². The number of carbonyl (C=O) groups is 1. The van der Waals surface area contributed by atoms with Crippen LogP contribution in [0.2, 0.25) is 0 Å². The topological polar surface area (TPSA) is 66.5 Å². The Morgan fingerprint density at radius 3 is 2.70 bits per heavy atom. The minimum absolute atomic E-state index is 0.0338. The molecule has 1 atom stereocenters. The van der Waals surface area contributed by atoms with E-state index in [1.54, 1.807) is 6.07 Å². The van der Waals surface area contributed by atoms with Crippen molar-refractivity contribution in [2.24, 2.45) is 0 Å². The summed E-state index contributed by atoms with van der Waals surface area (Å²) in [5.41, 5.74) is 0.841. The Hall–Kier alpha value is -1.47. The van der Waals surface area contributed by atoms with Crippen LogP contribution in [0.15, 0.2) is 24.3 Å². The van der Waals surface area contributed by atoms with E-state index >= 15 is 0 Å². The average molecular weight is 340 g/mol. The van der Waals surface area contributed by atoms with Crippen molar-refractivity contribution >= 4 is 15.7 Å². The van der Waals surface area contributed by atoms with Crippen LogP contribution >= 0.6 is 0 Å². The molecule has 1 aromatic carbocycles. The van der Waals surface area contributed by atoms with Crippen molar-refractivity contribution in [3.8, 4) is 0 Å². The molecule has 126 valence electrons. The summed E-state index contributed by atoms with van der Waals surface area (Å²) in [6, 6.07) is 6.48. The SMILES string of the molecule is O=C(CN(Cc1cccc(F)c1)C1CC1)N[C@H]1CCS(=O)(=O)C1. The van der Waals surface area contributed by atoms with Crippen LogP contribution in [0.1, 0.15) is 24.8 Å². The summed E-state index contributed by atoms with van der Waals surface area (Å²) >= 11 is 0. The number of sulfone groups is 1. The number of halogens is 1. The Labute approximate surface area is 135 Å². The number of hydrogen-bond donors (Lipinski definition) is 1. The number of benzene rings is 1. The molecule has 2 aliphatic rings. The smallest absolute Gasteiger partial charge is 0.234 e. The van der Waals surface area contributed by atoms with Gasteiger partial charge in [-0.3, -0.25) is 9.69 Å². The Kier molecular flexibility index (Phi) is 4.68. The first-order valence-corrected chi connectivity index (χ1v) is 9.72. The number of carbonyl (C=O) groups excluding carboxylic acids is 1. The van der Waals surface area contributed by atoms with Gasteiger partial charge in [-0.05, 0) is 37.0 Å². The lowest BCUT2D eigenvalue weighted by Crippen LogP contribution is -2.43. The minimum Gasteiger partial charge on any atom is -0.351 e. The highest BCUT2D eigenvalue weighted by atomic mass is 32.2. The predicted molar refractivity (Wildman–Crippen MR) is 85.0 cm³/mol. The number of nitrogens with one attached hydrogen (secondary N) is 1. The van der Waals surface area contributed by atoms with Crippen molar-refractivity contribution in [2.45, 2.75) is 37.9 Å². The zero-order valence-electron chi connectivity index (χ0n) is 12.9. The van der Waals surface area contributed by atoms with E-state index in [2.05, 4.69) is 5.32 Å². The maximum Gasteiger partial charge on any atom is 0.234 e. The first-order chi connectivity index (χ1) is 10.9. The molecule has 1 aliphatic carbocycles. The molecule has 1 aromatic rings. The van der Waals surface area contributed by atoms with Crippen LogP contribution in [-0.2, 0) is 21.2 Å². The van der Waals surface area contributed by atoms with E-state index in [0.717, 1.165) is 18.4 Å². The lowest BCUT2D eigenvalue weighted by atomic mass is 10.2. The molecule has 2 fully saturated rings. The van der Waals surface area contributed by atoms with E-state index < -0.39 is 9.84 Å². The minimum atomic E-state index is -3.00. The standard InChI is InChI=1S/C16H21FN2O3S/c17-13-3-1-2-12(8-13)9-19(15-4-5-15)10-16(20)18-14-6-7-23(21,22)11-14/h1-3,8,14-15H,4-7,9-11H2,(H,18,20)/t14-/m0/s1. The highest BCUT2D eigenvalue weighted by Gasteiger charge is 2.32. The monoisotopic (exact) mass is 340 g/mol. The maximum absolute atomic E-state index is 13.3. The molecule has 1 aliphatic heterocycles. The predicted octanol–water partition coefficient (Wildman–Crippen LogP) is 1.09. The Morgan fingerprint density at radius 2 is 2.09 bits per heavy atom. The highest BCUT2D eigenvalue weighted by molar-refractivity contribution is 7.91. The molecule has 5 nitrogen and oxygen atoms in total. The number of amides is 1. The highest BCUT2D eigenvalue weighted by Crippen LogP contribution is 2.28. The summed E-state index contributed by atoms with van der Waals surface area (Å²) in [6.07, 6.45) is 2.57. The Balaban J connectivity index is 1.56. The van der Waals surface area contributed by atoms with Gasteiger partial charge < -0.3 is 5.32 Å². The van der Waals surface area contributed by atoms with Crippen LogP contribution in [0, 0.1) is 5.82 Å². The zero-order valence-corrected chi connectivity index (χ0v) is 13.7. The third-order valence-electron chi connectivity index (χ3n) is 4.28. The van der Waals surface area contributed by atoms with E-state index in [4.69, 9.17) is 0 Å². The number of nitrogens with zero attached hydrogens (tertiary/aromatic N) is 1. The van der Waals surface area contributed by atoms with Gasteiger partial charge in [-0.15, -0.1) is 0 Å². The first kappa shape index (κ1) is 16.4. The first-order valence-electron chi connectivity index (χ1n) is 7.89. The van der Waals surface area contributed by atoms with Crippen molar-refractivity contribution in [1.82, 2.24) is 10.2 Å². The summed E-state index contributed by atoms with van der Waals surface area (Å²) in [5, 5.41) is 2.81. The summed E-state index contributed by atoms with van der Waals surface area (Å²) in [7, 11) is -3.00. The van der Waals surface area contributed by atoms with Gasteiger partial charge in [0.25, 0.3) is 0 Å². The Bertz CT molecular complexity index is 688. The molecule has 3 rings (SSSR count). The molecule has 1 N–H and O–H groups in total. The summed E-state index contributed by atoms with van der Waals surface area (Å²) < 4.78 is 36.2. The second-order valence-electron chi connectivity index (χ2n) is 6.43. The van der Waals surface area contributed by atoms with E-state index in [-0.39, 0.29) is 35.8 Å². The number of hydrogen-bond acceptors (Lipinski definition) is 4. The van der Waals surface area contributed by atoms with E-state index in [1.807, 2.05) is 11.0 Å². The molecule has 0 unspecified atom stereocenters. The molecule has 0 spiro atoms. The lowest BCUT2D eigenvalue weighted by Gasteiger charge is -2.22. The molecule has 1 saturated heterocycles. The lowest BCUT2D eigenvalue weighted by molar-refractivity contribution is -0.123. The molecular weight excluding hydrogens is 319 g/mol. The second kappa shape index (κ2) is 6.57. The fourth-order valence-electron chi connectivity index (χ4n) is 2.99. The molecule has 1 amide bonds. The average Bonchev–Trinajstić information content (AvgIpc) is 3.24. The van der Waals surface area contributed by atoms with E-state index in [0.29, 0.717) is 19.0 Å². The van der Waals surface area contributed by atoms with Crippen molar-refractivity contribution in [2.75, 3.05) is 18.1 Å². The maximum atomic E-state index is 13.3. The van der Waals surface area contributed by atoms with Crippen LogP contribution in [0.5, 0.6) is 0 Å². The van der Waals surface area contributed by atoms with Crippen LogP contribution in [0.4, 0.5) is 4.39 Å². The fourth-order valence-corrected chi connectivity index (χ4v) is 4.66. The van der Waals surface area contributed by atoms with Gasteiger partial charge in [0.1, 0.15) is 5.82 Å².